The lowest BCUT2D eigenvalue weighted by molar-refractivity contribution is -0.0499. The van der Waals surface area contributed by atoms with Crippen molar-refractivity contribution in [1.82, 2.24) is 15.0 Å². The Morgan fingerprint density at radius 1 is 0.871 bits per heavy atom. The molecule has 4 aromatic rings. The molecule has 0 fully saturated rings. The van der Waals surface area contributed by atoms with Gasteiger partial charge in [-0.2, -0.15) is 21.6 Å². The van der Waals surface area contributed by atoms with E-state index in [0.717, 1.165) is 12.4 Å². The Kier molecular flexibility index (Phi) is 5.19. The quantitative estimate of drug-likeness (QED) is 0.323. The van der Waals surface area contributed by atoms with Gasteiger partial charge in [0.2, 0.25) is 5.88 Å². The Hall–Kier alpha value is -3.73. The molecule has 7 nitrogen and oxygen atoms in total. The van der Waals surface area contributed by atoms with E-state index in [1.807, 2.05) is 6.07 Å². The van der Waals surface area contributed by atoms with Gasteiger partial charge in [-0.15, -0.1) is 0 Å². The highest BCUT2D eigenvalue weighted by Gasteiger charge is 2.48. The van der Waals surface area contributed by atoms with Crippen LogP contribution in [0.15, 0.2) is 73.3 Å². The van der Waals surface area contributed by atoms with Crippen molar-refractivity contribution in [3.8, 4) is 28.5 Å². The van der Waals surface area contributed by atoms with Crippen LogP contribution < -0.4 is 8.92 Å². The fourth-order valence-electron chi connectivity index (χ4n) is 2.69. The molecule has 2 heterocycles. The number of aromatic nitrogens is 3. The summed E-state index contributed by atoms with van der Waals surface area (Å²) >= 11 is 0. The molecule has 0 aliphatic rings. The van der Waals surface area contributed by atoms with E-state index in [2.05, 4.69) is 19.1 Å². The summed E-state index contributed by atoms with van der Waals surface area (Å²) in [5.41, 5.74) is -4.82. The summed E-state index contributed by atoms with van der Waals surface area (Å²) in [7, 11) is -5.88. The normalized spacial score (nSPS) is 12.0. The van der Waals surface area contributed by atoms with Gasteiger partial charge in [-0.3, -0.25) is 0 Å². The SMILES string of the molecule is O=S(=O)(Oc1cc(-c2ccc(Oc3ccccc3)nc2)cc2cncnc12)C(F)(F)F. The van der Waals surface area contributed by atoms with Gasteiger partial charge in [0.25, 0.3) is 0 Å². The number of benzene rings is 2. The topological polar surface area (TPSA) is 91.3 Å². The van der Waals surface area contributed by atoms with Crippen LogP contribution in [0.25, 0.3) is 22.0 Å². The minimum atomic E-state index is -5.88. The third kappa shape index (κ3) is 4.40. The molecular formula is C20H12F3N3O4S. The van der Waals surface area contributed by atoms with Crippen LogP contribution >= 0.6 is 0 Å². The van der Waals surface area contributed by atoms with Gasteiger partial charge in [0.05, 0.1) is 0 Å². The van der Waals surface area contributed by atoms with Gasteiger partial charge in [0.15, 0.2) is 5.75 Å². The standard InChI is InChI=1S/C20H12F3N3O4S/c21-20(22,23)31(27,28)30-17-9-14(8-15-10-24-12-26-19(15)17)13-6-7-18(25-11-13)29-16-4-2-1-3-5-16/h1-12H. The first-order valence-corrected chi connectivity index (χ1v) is 10.1. The number of ether oxygens (including phenoxy) is 1. The number of alkyl halides is 3. The molecule has 0 radical (unpaired) electrons. The third-order valence-electron chi connectivity index (χ3n) is 4.09. The lowest BCUT2D eigenvalue weighted by Gasteiger charge is -2.13. The predicted molar refractivity (Wildman–Crippen MR) is 105 cm³/mol. The van der Waals surface area contributed by atoms with Crippen LogP contribution in [0.1, 0.15) is 0 Å². The summed E-state index contributed by atoms with van der Waals surface area (Å²) in [4.78, 5) is 11.8. The molecule has 31 heavy (non-hydrogen) atoms. The molecule has 0 aliphatic heterocycles. The summed E-state index contributed by atoms with van der Waals surface area (Å²) in [5.74, 6) is 0.311. The van der Waals surface area contributed by atoms with Gasteiger partial charge < -0.3 is 8.92 Å². The minimum absolute atomic E-state index is 0.0800. The molecule has 0 saturated heterocycles. The van der Waals surface area contributed by atoms with E-state index in [9.17, 15) is 21.6 Å². The predicted octanol–water partition coefficient (Wildman–Crippen LogP) is 4.71. The Labute approximate surface area is 174 Å². The molecule has 158 valence electrons. The number of fused-ring (bicyclic) bond motifs is 1. The number of hydrogen-bond donors (Lipinski definition) is 0. The number of para-hydroxylation sites is 1. The van der Waals surface area contributed by atoms with Gasteiger partial charge in [0, 0.05) is 29.4 Å². The monoisotopic (exact) mass is 447 g/mol. The smallest absolute Gasteiger partial charge is 0.439 e. The Morgan fingerprint density at radius 3 is 2.32 bits per heavy atom. The largest absolute Gasteiger partial charge is 0.534 e. The van der Waals surface area contributed by atoms with Crippen molar-refractivity contribution >= 4 is 21.0 Å². The highest BCUT2D eigenvalue weighted by Crippen LogP contribution is 2.35. The van der Waals surface area contributed by atoms with E-state index >= 15 is 0 Å². The Morgan fingerprint density at radius 2 is 1.65 bits per heavy atom. The van der Waals surface area contributed by atoms with Crippen molar-refractivity contribution in [1.29, 1.82) is 0 Å². The first kappa shape index (κ1) is 20.5. The number of halogens is 3. The van der Waals surface area contributed by atoms with Gasteiger partial charge in [-0.1, -0.05) is 18.2 Å². The maximum absolute atomic E-state index is 12.8. The third-order valence-corrected chi connectivity index (χ3v) is 5.06. The van der Waals surface area contributed by atoms with Crippen LogP contribution in [0.2, 0.25) is 0 Å². The summed E-state index contributed by atoms with van der Waals surface area (Å²) in [6.07, 6.45) is 3.84. The molecule has 0 saturated carbocycles. The van der Waals surface area contributed by atoms with E-state index in [0.29, 0.717) is 22.8 Å². The summed E-state index contributed by atoms with van der Waals surface area (Å²) in [6, 6.07) is 14.9. The lowest BCUT2D eigenvalue weighted by atomic mass is 10.1. The van der Waals surface area contributed by atoms with Crippen LogP contribution in [-0.4, -0.2) is 28.9 Å². The molecule has 0 N–H and O–H groups in total. The molecule has 0 aliphatic carbocycles. The molecule has 0 unspecified atom stereocenters. The number of pyridine rings is 1. The second kappa shape index (κ2) is 7.84. The number of nitrogens with zero attached hydrogens (tertiary/aromatic N) is 3. The van der Waals surface area contributed by atoms with Gasteiger partial charge in [-0.05, 0) is 35.9 Å². The first-order chi connectivity index (χ1) is 14.7. The highest BCUT2D eigenvalue weighted by atomic mass is 32.2. The molecule has 11 heteroatoms. The maximum Gasteiger partial charge on any atom is 0.534 e. The van der Waals surface area contributed by atoms with Crippen molar-refractivity contribution in [3.05, 3.63) is 73.3 Å². The second-order valence-corrected chi connectivity index (χ2v) is 7.76. The molecule has 0 amide bonds. The lowest BCUT2D eigenvalue weighted by Crippen LogP contribution is -2.28. The van der Waals surface area contributed by atoms with Gasteiger partial charge in [0.1, 0.15) is 17.6 Å². The zero-order valence-electron chi connectivity index (χ0n) is 15.4. The van der Waals surface area contributed by atoms with Crippen molar-refractivity contribution in [2.75, 3.05) is 0 Å². The van der Waals surface area contributed by atoms with Gasteiger partial charge in [-0.25, -0.2) is 15.0 Å². The zero-order chi connectivity index (χ0) is 22.1. The van der Waals surface area contributed by atoms with Crippen molar-refractivity contribution in [2.24, 2.45) is 0 Å². The molecular weight excluding hydrogens is 435 g/mol. The van der Waals surface area contributed by atoms with E-state index in [1.54, 1.807) is 42.5 Å². The summed E-state index contributed by atoms with van der Waals surface area (Å²) < 4.78 is 71.4. The molecule has 2 aromatic heterocycles. The van der Waals surface area contributed by atoms with E-state index in [4.69, 9.17) is 4.74 Å². The Balaban J connectivity index is 1.71. The zero-order valence-corrected chi connectivity index (χ0v) is 16.3. The van der Waals surface area contributed by atoms with Crippen LogP contribution in [-0.2, 0) is 10.1 Å². The fraction of sp³-hybridized carbons (Fsp3) is 0.0500. The maximum atomic E-state index is 12.8. The van der Waals surface area contributed by atoms with E-state index in [1.165, 1.54) is 12.4 Å². The van der Waals surface area contributed by atoms with Gasteiger partial charge >= 0.3 is 15.6 Å². The summed E-state index contributed by atoms with van der Waals surface area (Å²) in [6.45, 7) is 0. The number of rotatable bonds is 5. The average Bonchev–Trinajstić information content (AvgIpc) is 2.74. The van der Waals surface area contributed by atoms with E-state index < -0.39 is 21.4 Å². The van der Waals surface area contributed by atoms with Crippen molar-refractivity contribution in [2.45, 2.75) is 5.51 Å². The highest BCUT2D eigenvalue weighted by molar-refractivity contribution is 7.88. The summed E-state index contributed by atoms with van der Waals surface area (Å²) in [5, 5.41) is 0.289. The Bertz CT molecular complexity index is 1330. The van der Waals surface area contributed by atoms with Crippen molar-refractivity contribution in [3.63, 3.8) is 0 Å². The molecule has 4 rings (SSSR count). The molecule has 2 aromatic carbocycles. The van der Waals surface area contributed by atoms with E-state index in [-0.39, 0.29) is 10.9 Å². The molecule has 0 atom stereocenters. The first-order valence-electron chi connectivity index (χ1n) is 8.67. The molecule has 0 bridgehead atoms. The fourth-order valence-corrected chi connectivity index (χ4v) is 3.14. The van der Waals surface area contributed by atoms with Crippen molar-refractivity contribution < 1.29 is 30.5 Å². The van der Waals surface area contributed by atoms with Crippen LogP contribution in [0.5, 0.6) is 17.4 Å². The second-order valence-electron chi connectivity index (χ2n) is 6.22. The number of hydrogen-bond acceptors (Lipinski definition) is 7. The molecule has 0 spiro atoms. The van der Waals surface area contributed by atoms with Crippen LogP contribution in [0.4, 0.5) is 13.2 Å². The van der Waals surface area contributed by atoms with Crippen LogP contribution in [0, 0.1) is 0 Å². The van der Waals surface area contributed by atoms with Crippen LogP contribution in [0.3, 0.4) is 0 Å². The average molecular weight is 447 g/mol. The minimum Gasteiger partial charge on any atom is -0.439 e.